The van der Waals surface area contributed by atoms with Gasteiger partial charge in [0.25, 0.3) is 0 Å². The Kier molecular flexibility index (Phi) is 3.78. The van der Waals surface area contributed by atoms with Crippen LogP contribution in [0.2, 0.25) is 25.7 Å². The van der Waals surface area contributed by atoms with Gasteiger partial charge in [0.15, 0.2) is 0 Å². The van der Waals surface area contributed by atoms with Crippen molar-refractivity contribution in [1.82, 2.24) is 4.98 Å². The van der Waals surface area contributed by atoms with Crippen LogP contribution in [0.1, 0.15) is 11.3 Å². The molecule has 0 aliphatic carbocycles. The van der Waals surface area contributed by atoms with E-state index in [-0.39, 0.29) is 0 Å². The Morgan fingerprint density at radius 1 is 1.19 bits per heavy atom. The van der Waals surface area contributed by atoms with Crippen LogP contribution >= 0.6 is 0 Å². The van der Waals surface area contributed by atoms with Gasteiger partial charge in [-0.25, -0.2) is 0 Å². The van der Waals surface area contributed by atoms with Crippen LogP contribution in [0, 0.1) is 0 Å². The third kappa shape index (κ3) is 4.34. The summed E-state index contributed by atoms with van der Waals surface area (Å²) in [4.78, 5) is 3.85. The molecule has 0 saturated carbocycles. The zero-order valence-electron chi connectivity index (χ0n) is 9.73. The van der Waals surface area contributed by atoms with E-state index in [1.54, 1.807) is 0 Å². The molecule has 0 saturated heterocycles. The molecular formula is C11H16F3NSi. The maximum absolute atomic E-state index is 12.3. The van der Waals surface area contributed by atoms with Crippen molar-refractivity contribution in [2.24, 2.45) is 0 Å². The normalized spacial score (nSPS) is 12.9. The molecule has 1 nitrogen and oxygen atoms in total. The highest BCUT2D eigenvalue weighted by atomic mass is 28.3. The molecule has 5 heteroatoms. The highest BCUT2D eigenvalue weighted by Gasteiger charge is 2.30. The van der Waals surface area contributed by atoms with E-state index in [1.807, 2.05) is 0 Å². The van der Waals surface area contributed by atoms with E-state index >= 15 is 0 Å². The SMILES string of the molecule is C[Si](C)(C)CCc1ccc(C(F)(F)F)cn1. The van der Waals surface area contributed by atoms with Gasteiger partial charge < -0.3 is 0 Å². The van der Waals surface area contributed by atoms with Crippen LogP contribution in [0.15, 0.2) is 18.3 Å². The number of hydrogen-bond donors (Lipinski definition) is 0. The van der Waals surface area contributed by atoms with E-state index in [1.165, 1.54) is 6.07 Å². The summed E-state index contributed by atoms with van der Waals surface area (Å²) in [5.41, 5.74) is 0.0691. The number of hydrogen-bond acceptors (Lipinski definition) is 1. The molecule has 1 aromatic heterocycles. The average molecular weight is 247 g/mol. The molecule has 0 amide bonds. The van der Waals surface area contributed by atoms with Gasteiger partial charge >= 0.3 is 6.18 Å². The lowest BCUT2D eigenvalue weighted by Gasteiger charge is -2.15. The standard InChI is InChI=1S/C11H16F3NSi/c1-16(2,3)7-6-10-5-4-9(8-15-10)11(12,13)14/h4-5,8H,6-7H2,1-3H3. The fourth-order valence-corrected chi connectivity index (χ4v) is 2.25. The number of halogens is 3. The lowest BCUT2D eigenvalue weighted by atomic mass is 10.2. The van der Waals surface area contributed by atoms with E-state index in [2.05, 4.69) is 24.6 Å². The molecule has 0 N–H and O–H groups in total. The Balaban J connectivity index is 2.66. The van der Waals surface area contributed by atoms with Crippen LogP contribution in [0.3, 0.4) is 0 Å². The summed E-state index contributed by atoms with van der Waals surface area (Å²) in [6.07, 6.45) is -2.60. The highest BCUT2D eigenvalue weighted by Crippen LogP contribution is 2.28. The van der Waals surface area contributed by atoms with Crippen molar-refractivity contribution in [3.63, 3.8) is 0 Å². The largest absolute Gasteiger partial charge is 0.417 e. The molecule has 1 rings (SSSR count). The smallest absolute Gasteiger partial charge is 0.261 e. The van der Waals surface area contributed by atoms with Crippen molar-refractivity contribution >= 4 is 8.07 Å². The van der Waals surface area contributed by atoms with Gasteiger partial charge in [0, 0.05) is 20.0 Å². The predicted octanol–water partition coefficient (Wildman–Crippen LogP) is 3.98. The van der Waals surface area contributed by atoms with Crippen molar-refractivity contribution in [1.29, 1.82) is 0 Å². The van der Waals surface area contributed by atoms with E-state index in [9.17, 15) is 13.2 Å². The van der Waals surface area contributed by atoms with Crippen molar-refractivity contribution in [3.8, 4) is 0 Å². The van der Waals surface area contributed by atoms with Gasteiger partial charge in [-0.05, 0) is 18.6 Å². The van der Waals surface area contributed by atoms with Gasteiger partial charge in [-0.1, -0.05) is 25.7 Å². The maximum Gasteiger partial charge on any atom is 0.417 e. The lowest BCUT2D eigenvalue weighted by Crippen LogP contribution is -2.20. The highest BCUT2D eigenvalue weighted by molar-refractivity contribution is 6.76. The second-order valence-corrected chi connectivity index (χ2v) is 10.7. The van der Waals surface area contributed by atoms with Gasteiger partial charge in [0.2, 0.25) is 0 Å². The van der Waals surface area contributed by atoms with Crippen molar-refractivity contribution in [2.45, 2.75) is 38.3 Å². The maximum atomic E-state index is 12.3. The van der Waals surface area contributed by atoms with E-state index in [0.717, 1.165) is 30.4 Å². The topological polar surface area (TPSA) is 12.9 Å². The molecule has 0 bridgehead atoms. The third-order valence-corrected chi connectivity index (χ3v) is 4.03. The first-order valence-corrected chi connectivity index (χ1v) is 8.91. The fraction of sp³-hybridized carbons (Fsp3) is 0.545. The monoisotopic (exact) mass is 247 g/mol. The van der Waals surface area contributed by atoms with Crippen molar-refractivity contribution in [2.75, 3.05) is 0 Å². The number of aryl methyl sites for hydroxylation is 1. The molecule has 16 heavy (non-hydrogen) atoms. The predicted molar refractivity (Wildman–Crippen MR) is 61.1 cm³/mol. The minimum absolute atomic E-state index is 0.677. The number of rotatable bonds is 3. The van der Waals surface area contributed by atoms with Crippen LogP contribution in [-0.2, 0) is 12.6 Å². The van der Waals surface area contributed by atoms with E-state index < -0.39 is 19.8 Å². The number of aromatic nitrogens is 1. The van der Waals surface area contributed by atoms with Crippen LogP contribution in [0.5, 0.6) is 0 Å². The quantitative estimate of drug-likeness (QED) is 0.736. The summed E-state index contributed by atoms with van der Waals surface area (Å²) < 4.78 is 36.8. The van der Waals surface area contributed by atoms with E-state index in [4.69, 9.17) is 0 Å². The molecule has 90 valence electrons. The van der Waals surface area contributed by atoms with Gasteiger partial charge in [-0.3, -0.25) is 4.98 Å². The fourth-order valence-electron chi connectivity index (χ4n) is 1.24. The second-order valence-electron chi connectivity index (χ2n) is 5.10. The molecule has 0 fully saturated rings. The lowest BCUT2D eigenvalue weighted by molar-refractivity contribution is -0.137. The third-order valence-electron chi connectivity index (χ3n) is 2.28. The molecule has 0 unspecified atom stereocenters. The molecule has 0 radical (unpaired) electrons. The minimum atomic E-state index is -4.29. The zero-order valence-corrected chi connectivity index (χ0v) is 10.7. The second kappa shape index (κ2) is 4.57. The summed E-state index contributed by atoms with van der Waals surface area (Å²) >= 11 is 0. The van der Waals surface area contributed by atoms with E-state index in [0.29, 0.717) is 0 Å². The van der Waals surface area contributed by atoms with Gasteiger partial charge in [-0.2, -0.15) is 13.2 Å². The molecule has 0 spiro atoms. The summed E-state index contributed by atoms with van der Waals surface area (Å²) in [5, 5.41) is 0. The average Bonchev–Trinajstić information content (AvgIpc) is 2.13. The molecule has 1 aromatic rings. The molecule has 0 aliphatic rings. The van der Waals surface area contributed by atoms with Gasteiger partial charge in [0.1, 0.15) is 0 Å². The molecule has 0 atom stereocenters. The van der Waals surface area contributed by atoms with Crippen molar-refractivity contribution in [3.05, 3.63) is 29.6 Å². The van der Waals surface area contributed by atoms with Crippen LogP contribution in [-0.4, -0.2) is 13.1 Å². The van der Waals surface area contributed by atoms with Crippen molar-refractivity contribution < 1.29 is 13.2 Å². The molecule has 0 aromatic carbocycles. The molecule has 1 heterocycles. The summed E-state index contributed by atoms with van der Waals surface area (Å²) in [5.74, 6) is 0. The van der Waals surface area contributed by atoms with Crippen LogP contribution in [0.4, 0.5) is 13.2 Å². The number of alkyl halides is 3. The van der Waals surface area contributed by atoms with Gasteiger partial charge in [0.05, 0.1) is 5.56 Å². The first-order chi connectivity index (χ1) is 7.18. The van der Waals surface area contributed by atoms with Crippen LogP contribution < -0.4 is 0 Å². The Morgan fingerprint density at radius 3 is 2.19 bits per heavy atom. The summed E-state index contributed by atoms with van der Waals surface area (Å²) in [6.45, 7) is 6.70. The van der Waals surface area contributed by atoms with Gasteiger partial charge in [-0.15, -0.1) is 0 Å². The number of pyridine rings is 1. The summed E-state index contributed by atoms with van der Waals surface area (Å²) in [6, 6.07) is 3.63. The minimum Gasteiger partial charge on any atom is -0.261 e. The van der Waals surface area contributed by atoms with Crippen LogP contribution in [0.25, 0.3) is 0 Å². The molecule has 0 aliphatic heterocycles. The zero-order chi connectivity index (χ0) is 12.4. The Morgan fingerprint density at radius 2 is 1.81 bits per heavy atom. The Bertz CT molecular complexity index is 338. The summed E-state index contributed by atoms with van der Waals surface area (Å²) in [7, 11) is -1.15. The molecular weight excluding hydrogens is 231 g/mol. The number of nitrogens with zero attached hydrogens (tertiary/aromatic N) is 1. The Labute approximate surface area is 94.7 Å². The first-order valence-electron chi connectivity index (χ1n) is 5.21. The Hall–Kier alpha value is -0.843. The first kappa shape index (κ1) is 13.2.